The van der Waals surface area contributed by atoms with Crippen molar-refractivity contribution in [3.05, 3.63) is 29.6 Å². The summed E-state index contributed by atoms with van der Waals surface area (Å²) in [6.07, 6.45) is 0.350. The van der Waals surface area contributed by atoms with E-state index in [9.17, 15) is 19.1 Å². The predicted molar refractivity (Wildman–Crippen MR) is 56.9 cm³/mol. The largest absolute Gasteiger partial charge is 0.508 e. The molecule has 0 spiro atoms. The fourth-order valence-corrected chi connectivity index (χ4v) is 1.52. The van der Waals surface area contributed by atoms with E-state index in [4.69, 9.17) is 5.11 Å². The van der Waals surface area contributed by atoms with Crippen molar-refractivity contribution in [2.24, 2.45) is 0 Å². The molecular weight excluding hydrogens is 229 g/mol. The lowest BCUT2D eigenvalue weighted by Gasteiger charge is -2.24. The number of hydrogen-bond donors (Lipinski definition) is 2. The molecule has 0 heterocycles. The molecule has 0 aromatic heterocycles. The lowest BCUT2D eigenvalue weighted by Crippen LogP contribution is -2.33. The van der Waals surface area contributed by atoms with Crippen molar-refractivity contribution in [2.45, 2.75) is 13.0 Å². The van der Waals surface area contributed by atoms with Gasteiger partial charge in [0.15, 0.2) is 6.04 Å². The van der Waals surface area contributed by atoms with E-state index < -0.39 is 17.8 Å². The number of phenols is 1. The molecule has 0 radical (unpaired) electrons. The van der Waals surface area contributed by atoms with Gasteiger partial charge in [0.2, 0.25) is 6.41 Å². The summed E-state index contributed by atoms with van der Waals surface area (Å²) < 4.78 is 13.0. The normalized spacial score (nSPS) is 11.9. The molecule has 1 rings (SSSR count). The second-order valence-electron chi connectivity index (χ2n) is 3.38. The maximum Gasteiger partial charge on any atom is 0.331 e. The molecule has 5 nitrogen and oxygen atoms in total. The summed E-state index contributed by atoms with van der Waals surface area (Å²) in [4.78, 5) is 22.8. The second-order valence-corrected chi connectivity index (χ2v) is 3.38. The molecule has 1 aromatic carbocycles. The average Bonchev–Trinajstić information content (AvgIpc) is 2.29. The van der Waals surface area contributed by atoms with Crippen LogP contribution in [0.3, 0.4) is 0 Å². The number of benzene rings is 1. The summed E-state index contributed by atoms with van der Waals surface area (Å²) in [5.41, 5.74) is -0.147. The summed E-state index contributed by atoms with van der Waals surface area (Å²) in [7, 11) is 0. The Morgan fingerprint density at radius 1 is 1.59 bits per heavy atom. The van der Waals surface area contributed by atoms with Gasteiger partial charge in [-0.2, -0.15) is 0 Å². The van der Waals surface area contributed by atoms with Gasteiger partial charge in [0.05, 0.1) is 0 Å². The van der Waals surface area contributed by atoms with Crippen LogP contribution >= 0.6 is 0 Å². The third-order valence-electron chi connectivity index (χ3n) is 2.35. The van der Waals surface area contributed by atoms with E-state index in [1.807, 2.05) is 0 Å². The number of aliphatic carboxylic acids is 1. The number of carboxylic acid groups (broad SMARTS) is 1. The van der Waals surface area contributed by atoms with E-state index in [1.54, 1.807) is 6.92 Å². The Morgan fingerprint density at radius 2 is 2.24 bits per heavy atom. The Balaban J connectivity index is 3.26. The van der Waals surface area contributed by atoms with E-state index in [0.29, 0.717) is 6.41 Å². The molecule has 0 aliphatic heterocycles. The highest BCUT2D eigenvalue weighted by molar-refractivity contribution is 5.79. The molecule has 0 bridgehead atoms. The highest BCUT2D eigenvalue weighted by Crippen LogP contribution is 2.28. The Kier molecular flexibility index (Phi) is 4.03. The van der Waals surface area contributed by atoms with Gasteiger partial charge in [0.25, 0.3) is 0 Å². The van der Waals surface area contributed by atoms with Crippen molar-refractivity contribution >= 4 is 12.4 Å². The third kappa shape index (κ3) is 2.72. The van der Waals surface area contributed by atoms with Gasteiger partial charge >= 0.3 is 5.97 Å². The molecule has 1 unspecified atom stereocenters. The van der Waals surface area contributed by atoms with Crippen LogP contribution in [-0.4, -0.2) is 34.0 Å². The van der Waals surface area contributed by atoms with Crippen molar-refractivity contribution in [3.8, 4) is 5.75 Å². The number of hydrogen-bond acceptors (Lipinski definition) is 3. The van der Waals surface area contributed by atoms with Gasteiger partial charge in [-0.25, -0.2) is 9.18 Å². The highest BCUT2D eigenvalue weighted by Gasteiger charge is 2.28. The minimum atomic E-state index is -1.40. The lowest BCUT2D eigenvalue weighted by molar-refractivity contribution is -0.146. The van der Waals surface area contributed by atoms with Crippen LogP contribution in [0.2, 0.25) is 0 Å². The Morgan fingerprint density at radius 3 is 2.71 bits per heavy atom. The zero-order valence-electron chi connectivity index (χ0n) is 9.13. The molecule has 0 aliphatic rings. The number of carbonyl (C=O) groups excluding carboxylic acids is 1. The van der Waals surface area contributed by atoms with E-state index in [1.165, 1.54) is 0 Å². The SMILES string of the molecule is CCN(C=O)C(C(=O)O)c1cc(F)ccc1O. The molecule has 92 valence electrons. The summed E-state index contributed by atoms with van der Waals surface area (Å²) in [6, 6.07) is 1.57. The quantitative estimate of drug-likeness (QED) is 0.757. The molecular formula is C11H12FNO4. The summed E-state index contributed by atoms with van der Waals surface area (Å²) in [6.45, 7) is 1.72. The first-order chi connectivity index (χ1) is 8.01. The molecule has 1 aromatic rings. The zero-order chi connectivity index (χ0) is 13.0. The van der Waals surface area contributed by atoms with E-state index >= 15 is 0 Å². The number of halogens is 1. The van der Waals surface area contributed by atoms with Gasteiger partial charge in [-0.05, 0) is 25.1 Å². The lowest BCUT2D eigenvalue weighted by atomic mass is 10.0. The van der Waals surface area contributed by atoms with Crippen LogP contribution < -0.4 is 0 Å². The fourth-order valence-electron chi connectivity index (χ4n) is 1.52. The van der Waals surface area contributed by atoms with Gasteiger partial charge < -0.3 is 15.1 Å². The summed E-state index contributed by atoms with van der Waals surface area (Å²) >= 11 is 0. The first kappa shape index (κ1) is 13.0. The predicted octanol–water partition coefficient (Wildman–Crippen LogP) is 1.14. The fraction of sp³-hybridized carbons (Fsp3) is 0.273. The number of nitrogens with zero attached hydrogens (tertiary/aromatic N) is 1. The van der Waals surface area contributed by atoms with Crippen molar-refractivity contribution in [1.29, 1.82) is 0 Å². The van der Waals surface area contributed by atoms with Gasteiger partial charge in [0, 0.05) is 12.1 Å². The first-order valence-corrected chi connectivity index (χ1v) is 4.93. The second kappa shape index (κ2) is 5.29. The maximum absolute atomic E-state index is 13.0. The van der Waals surface area contributed by atoms with Crippen molar-refractivity contribution in [1.82, 2.24) is 4.90 Å². The van der Waals surface area contributed by atoms with Gasteiger partial charge in [0.1, 0.15) is 11.6 Å². The van der Waals surface area contributed by atoms with Crippen LogP contribution in [0.15, 0.2) is 18.2 Å². The molecule has 1 amide bonds. The monoisotopic (exact) mass is 241 g/mol. The maximum atomic E-state index is 13.0. The Hall–Kier alpha value is -2.11. The molecule has 17 heavy (non-hydrogen) atoms. The summed E-state index contributed by atoms with van der Waals surface area (Å²) in [5.74, 6) is -2.37. The average molecular weight is 241 g/mol. The van der Waals surface area contributed by atoms with Crippen LogP contribution in [0, 0.1) is 5.82 Å². The molecule has 0 aliphatic carbocycles. The number of carbonyl (C=O) groups is 2. The topological polar surface area (TPSA) is 77.8 Å². The molecule has 2 N–H and O–H groups in total. The van der Waals surface area contributed by atoms with Crippen LogP contribution in [0.1, 0.15) is 18.5 Å². The minimum absolute atomic E-state index is 0.135. The van der Waals surface area contributed by atoms with Crippen LogP contribution in [0.5, 0.6) is 5.75 Å². The Labute approximate surface area is 97.1 Å². The number of rotatable bonds is 5. The number of amides is 1. The van der Waals surface area contributed by atoms with Gasteiger partial charge in [-0.1, -0.05) is 0 Å². The van der Waals surface area contributed by atoms with E-state index in [-0.39, 0.29) is 17.9 Å². The van der Waals surface area contributed by atoms with Crippen molar-refractivity contribution in [2.75, 3.05) is 6.54 Å². The molecule has 0 saturated carbocycles. The standard InChI is InChI=1S/C11H12FNO4/c1-2-13(6-14)10(11(16)17)8-5-7(12)3-4-9(8)15/h3-6,10,15H,2H2,1H3,(H,16,17). The van der Waals surface area contributed by atoms with Crippen molar-refractivity contribution in [3.63, 3.8) is 0 Å². The van der Waals surface area contributed by atoms with E-state index in [2.05, 4.69) is 0 Å². The van der Waals surface area contributed by atoms with Crippen LogP contribution in [0.4, 0.5) is 4.39 Å². The number of phenolic OH excluding ortho intramolecular Hbond substituents is 1. The molecule has 1 atom stereocenters. The number of likely N-dealkylation sites (N-methyl/N-ethyl adjacent to an activating group) is 1. The molecule has 6 heteroatoms. The van der Waals surface area contributed by atoms with Crippen molar-refractivity contribution < 1.29 is 24.2 Å². The van der Waals surface area contributed by atoms with Gasteiger partial charge in [-0.3, -0.25) is 4.79 Å². The number of carboxylic acids is 1. The highest BCUT2D eigenvalue weighted by atomic mass is 19.1. The summed E-state index contributed by atoms with van der Waals surface area (Å²) in [5, 5.41) is 18.6. The van der Waals surface area contributed by atoms with E-state index in [0.717, 1.165) is 23.1 Å². The zero-order valence-corrected chi connectivity index (χ0v) is 9.13. The van der Waals surface area contributed by atoms with Crippen LogP contribution in [0.25, 0.3) is 0 Å². The third-order valence-corrected chi connectivity index (χ3v) is 2.35. The minimum Gasteiger partial charge on any atom is -0.508 e. The Bertz CT molecular complexity index is 435. The van der Waals surface area contributed by atoms with Gasteiger partial charge in [-0.15, -0.1) is 0 Å². The smallest absolute Gasteiger partial charge is 0.331 e. The molecule has 0 saturated heterocycles. The molecule has 0 fully saturated rings. The van der Waals surface area contributed by atoms with Crippen LogP contribution in [-0.2, 0) is 9.59 Å². The first-order valence-electron chi connectivity index (χ1n) is 4.93. The number of aromatic hydroxyl groups is 1.